The first-order valence-electron chi connectivity index (χ1n) is 11.2. The maximum Gasteiger partial charge on any atom is 0.337 e. The SMILES string of the molecule is COC(=O)c1cccc(CC2(CN(C(C)=O)[C@@H]3CC3c3ccccc3)CCNCC2)c1. The van der Waals surface area contributed by atoms with Crippen LogP contribution in [0, 0.1) is 5.41 Å². The van der Waals surface area contributed by atoms with E-state index in [4.69, 9.17) is 4.74 Å². The quantitative estimate of drug-likeness (QED) is 0.693. The molecule has 2 atom stereocenters. The number of ether oxygens (including phenoxy) is 1. The van der Waals surface area contributed by atoms with Gasteiger partial charge in [0, 0.05) is 25.4 Å². The largest absolute Gasteiger partial charge is 0.465 e. The topological polar surface area (TPSA) is 58.6 Å². The Balaban J connectivity index is 1.54. The van der Waals surface area contributed by atoms with Crippen LogP contribution in [0.1, 0.15) is 53.6 Å². The standard InChI is InChI=1S/C26H32N2O3/c1-19(29)28(24-16-23(24)21-8-4-3-5-9-21)18-26(11-13-27-14-12-26)17-20-7-6-10-22(15-20)25(30)31-2/h3-10,15,23-24,27H,11-14,16-18H2,1-2H3/t23?,24-/m1/s1. The van der Waals surface area contributed by atoms with E-state index in [0.29, 0.717) is 11.5 Å². The molecule has 2 aromatic rings. The van der Waals surface area contributed by atoms with Gasteiger partial charge in [-0.1, -0.05) is 42.5 Å². The number of nitrogens with one attached hydrogen (secondary N) is 1. The first-order valence-corrected chi connectivity index (χ1v) is 11.2. The summed E-state index contributed by atoms with van der Waals surface area (Å²) in [6, 6.07) is 18.5. The molecule has 4 rings (SSSR count). The van der Waals surface area contributed by atoms with E-state index in [1.54, 1.807) is 13.0 Å². The third-order valence-electron chi connectivity index (χ3n) is 6.89. The number of carbonyl (C=O) groups excluding carboxylic acids is 2. The number of amides is 1. The summed E-state index contributed by atoms with van der Waals surface area (Å²) >= 11 is 0. The van der Waals surface area contributed by atoms with E-state index < -0.39 is 0 Å². The number of carbonyl (C=O) groups is 2. The van der Waals surface area contributed by atoms with Crippen molar-refractivity contribution in [1.29, 1.82) is 0 Å². The third-order valence-corrected chi connectivity index (χ3v) is 6.89. The fraction of sp³-hybridized carbons (Fsp3) is 0.462. The van der Waals surface area contributed by atoms with Gasteiger partial charge < -0.3 is 15.0 Å². The molecule has 2 aliphatic rings. The molecule has 1 aliphatic heterocycles. The molecule has 1 aliphatic carbocycles. The van der Waals surface area contributed by atoms with Crippen molar-refractivity contribution in [3.05, 3.63) is 71.3 Å². The van der Waals surface area contributed by atoms with E-state index in [1.807, 2.05) is 18.2 Å². The zero-order valence-corrected chi connectivity index (χ0v) is 18.5. The Morgan fingerprint density at radius 1 is 1.10 bits per heavy atom. The van der Waals surface area contributed by atoms with Crippen LogP contribution in [-0.4, -0.2) is 49.6 Å². The van der Waals surface area contributed by atoms with Crippen molar-refractivity contribution >= 4 is 11.9 Å². The predicted molar refractivity (Wildman–Crippen MR) is 121 cm³/mol. The monoisotopic (exact) mass is 420 g/mol. The van der Waals surface area contributed by atoms with Gasteiger partial charge in [0.05, 0.1) is 12.7 Å². The van der Waals surface area contributed by atoms with Crippen molar-refractivity contribution in [3.63, 3.8) is 0 Å². The lowest BCUT2D eigenvalue weighted by molar-refractivity contribution is -0.131. The maximum atomic E-state index is 12.7. The summed E-state index contributed by atoms with van der Waals surface area (Å²) in [5.74, 6) is 0.284. The second-order valence-electron chi connectivity index (χ2n) is 9.09. The third kappa shape index (κ3) is 4.99. The first kappa shape index (κ1) is 21.6. The Hall–Kier alpha value is -2.66. The van der Waals surface area contributed by atoms with Gasteiger partial charge >= 0.3 is 5.97 Å². The molecule has 2 fully saturated rings. The van der Waals surface area contributed by atoms with Crippen LogP contribution < -0.4 is 5.32 Å². The summed E-state index contributed by atoms with van der Waals surface area (Å²) in [5, 5.41) is 3.47. The predicted octanol–water partition coefficient (Wildman–Crippen LogP) is 3.79. The number of methoxy groups -OCH3 is 1. The van der Waals surface area contributed by atoms with Crippen LogP contribution >= 0.6 is 0 Å². The van der Waals surface area contributed by atoms with Gasteiger partial charge in [-0.2, -0.15) is 0 Å². The highest BCUT2D eigenvalue weighted by Gasteiger charge is 2.46. The molecule has 1 N–H and O–H groups in total. The minimum Gasteiger partial charge on any atom is -0.465 e. The van der Waals surface area contributed by atoms with Crippen molar-refractivity contribution in [3.8, 4) is 0 Å². The molecule has 1 saturated heterocycles. The summed E-state index contributed by atoms with van der Waals surface area (Å²) in [5.41, 5.74) is 3.04. The van der Waals surface area contributed by atoms with E-state index in [-0.39, 0.29) is 23.3 Å². The lowest BCUT2D eigenvalue weighted by Crippen LogP contribution is -2.48. The normalized spacial score (nSPS) is 21.9. The summed E-state index contributed by atoms with van der Waals surface area (Å²) in [6.45, 7) is 4.37. The molecular weight excluding hydrogens is 388 g/mol. The van der Waals surface area contributed by atoms with Gasteiger partial charge in [0.1, 0.15) is 0 Å². The molecule has 0 spiro atoms. The molecular formula is C26H32N2O3. The number of piperidine rings is 1. The van der Waals surface area contributed by atoms with E-state index in [1.165, 1.54) is 12.7 Å². The zero-order chi connectivity index (χ0) is 21.8. The minimum absolute atomic E-state index is 0.00942. The number of benzene rings is 2. The van der Waals surface area contributed by atoms with Crippen LogP contribution in [0.5, 0.6) is 0 Å². The maximum absolute atomic E-state index is 12.7. The molecule has 5 nitrogen and oxygen atoms in total. The molecule has 31 heavy (non-hydrogen) atoms. The van der Waals surface area contributed by atoms with Gasteiger partial charge in [0.15, 0.2) is 0 Å². The van der Waals surface area contributed by atoms with E-state index >= 15 is 0 Å². The van der Waals surface area contributed by atoms with E-state index in [2.05, 4.69) is 40.5 Å². The molecule has 1 unspecified atom stereocenters. The average molecular weight is 421 g/mol. The molecule has 0 aromatic heterocycles. The van der Waals surface area contributed by atoms with Gasteiger partial charge in [0.25, 0.3) is 0 Å². The fourth-order valence-corrected chi connectivity index (χ4v) is 5.12. The number of rotatable bonds is 7. The Labute approximate surface area is 184 Å². The van der Waals surface area contributed by atoms with Crippen molar-refractivity contribution < 1.29 is 14.3 Å². The number of hydrogen-bond donors (Lipinski definition) is 1. The molecule has 1 saturated carbocycles. The molecule has 164 valence electrons. The summed E-state index contributed by atoms with van der Waals surface area (Å²) in [4.78, 5) is 26.8. The molecule has 1 heterocycles. The highest BCUT2D eigenvalue weighted by Crippen LogP contribution is 2.46. The van der Waals surface area contributed by atoms with Crippen LogP contribution in [0.15, 0.2) is 54.6 Å². The number of esters is 1. The van der Waals surface area contributed by atoms with Crippen LogP contribution in [0.25, 0.3) is 0 Å². The molecule has 5 heteroatoms. The second kappa shape index (κ2) is 9.23. The van der Waals surface area contributed by atoms with Crippen LogP contribution in [0.4, 0.5) is 0 Å². The molecule has 0 radical (unpaired) electrons. The first-order chi connectivity index (χ1) is 15.0. The van der Waals surface area contributed by atoms with E-state index in [9.17, 15) is 9.59 Å². The average Bonchev–Trinajstić information content (AvgIpc) is 3.59. The van der Waals surface area contributed by atoms with Gasteiger partial charge in [-0.15, -0.1) is 0 Å². The fourth-order valence-electron chi connectivity index (χ4n) is 5.12. The molecule has 0 bridgehead atoms. The lowest BCUT2D eigenvalue weighted by atomic mass is 9.73. The van der Waals surface area contributed by atoms with Crippen molar-refractivity contribution in [2.24, 2.45) is 5.41 Å². The Morgan fingerprint density at radius 3 is 2.52 bits per heavy atom. The molecule has 2 aromatic carbocycles. The Kier molecular flexibility index (Phi) is 6.42. The highest BCUT2D eigenvalue weighted by molar-refractivity contribution is 5.89. The summed E-state index contributed by atoms with van der Waals surface area (Å²) in [6.07, 6.45) is 3.92. The summed E-state index contributed by atoms with van der Waals surface area (Å²) < 4.78 is 4.89. The minimum atomic E-state index is -0.310. The highest BCUT2D eigenvalue weighted by atomic mass is 16.5. The van der Waals surface area contributed by atoms with Crippen LogP contribution in [0.2, 0.25) is 0 Å². The van der Waals surface area contributed by atoms with Gasteiger partial charge in [-0.3, -0.25) is 4.79 Å². The van der Waals surface area contributed by atoms with Gasteiger partial charge in [0.2, 0.25) is 5.91 Å². The number of nitrogens with zero attached hydrogens (tertiary/aromatic N) is 1. The van der Waals surface area contributed by atoms with Gasteiger partial charge in [-0.25, -0.2) is 4.79 Å². The molecule has 1 amide bonds. The van der Waals surface area contributed by atoms with E-state index in [0.717, 1.165) is 50.9 Å². The van der Waals surface area contributed by atoms with Crippen molar-refractivity contribution in [2.75, 3.05) is 26.7 Å². The summed E-state index contributed by atoms with van der Waals surface area (Å²) in [7, 11) is 1.41. The van der Waals surface area contributed by atoms with Gasteiger partial charge in [-0.05, 0) is 67.4 Å². The second-order valence-corrected chi connectivity index (χ2v) is 9.09. The van der Waals surface area contributed by atoms with Crippen LogP contribution in [0.3, 0.4) is 0 Å². The Morgan fingerprint density at radius 2 is 1.84 bits per heavy atom. The van der Waals surface area contributed by atoms with Crippen LogP contribution in [-0.2, 0) is 16.0 Å². The number of hydrogen-bond acceptors (Lipinski definition) is 4. The lowest BCUT2D eigenvalue weighted by Gasteiger charge is -2.42. The smallest absolute Gasteiger partial charge is 0.337 e. The Bertz CT molecular complexity index is 921. The van der Waals surface area contributed by atoms with Crippen molar-refractivity contribution in [2.45, 2.75) is 44.6 Å². The van der Waals surface area contributed by atoms with Crippen molar-refractivity contribution in [1.82, 2.24) is 10.2 Å². The zero-order valence-electron chi connectivity index (χ0n) is 18.5.